The molecule has 408 valence electrons. The Hall–Kier alpha value is -3.07. The molecular formula is C61H106NO8P. The standard InChI is InChI=1S/C61H106NO8P/c1-3-5-7-9-11-13-15-17-19-20-21-22-23-24-25-26-27-28-29-30-31-32-33-34-35-36-37-38-40-42-44-46-48-50-52-54-61(64)70-59(58-69-71(65,66)68-56-55-62)57-67-60(63)53-51-49-47-45-43-41-39-18-16-14-12-10-8-6-4-2/h5,7,11,13,17,19,21-22,24-25,27-28,30-31,33-34,59H,3-4,6,8-10,12,14-16,18,20,23,26,29,32,35-58,62H2,1-2H3,(H,65,66)/b7-5-,13-11-,19-17-,22-21-,25-24-,28-27-,31-30-,34-33-. The first-order chi connectivity index (χ1) is 34.8. The second kappa shape index (κ2) is 56.2. The third kappa shape index (κ3) is 56.1. The van der Waals surface area contributed by atoms with Crippen LogP contribution in [0.4, 0.5) is 0 Å². The number of phosphoric acid groups is 1. The molecule has 0 saturated heterocycles. The first-order valence-corrected chi connectivity index (χ1v) is 30.2. The van der Waals surface area contributed by atoms with Gasteiger partial charge < -0.3 is 20.1 Å². The van der Waals surface area contributed by atoms with E-state index < -0.39 is 26.5 Å². The van der Waals surface area contributed by atoms with E-state index in [1.165, 1.54) is 116 Å². The number of carbonyl (C=O) groups is 2. The van der Waals surface area contributed by atoms with Gasteiger partial charge >= 0.3 is 19.8 Å². The lowest BCUT2D eigenvalue weighted by Gasteiger charge is -2.19. The van der Waals surface area contributed by atoms with Crippen LogP contribution in [0.2, 0.25) is 0 Å². The summed E-state index contributed by atoms with van der Waals surface area (Å²) in [5.41, 5.74) is 5.37. The van der Waals surface area contributed by atoms with Crippen molar-refractivity contribution in [2.24, 2.45) is 5.73 Å². The number of carbonyl (C=O) groups excluding carboxylic acids is 2. The number of ether oxygens (including phenoxy) is 2. The van der Waals surface area contributed by atoms with Gasteiger partial charge in [-0.2, -0.15) is 0 Å². The number of esters is 2. The Morgan fingerprint density at radius 3 is 1.15 bits per heavy atom. The molecule has 2 atom stereocenters. The topological polar surface area (TPSA) is 134 Å². The molecule has 9 nitrogen and oxygen atoms in total. The number of nitrogens with two attached hydrogens (primary N) is 1. The smallest absolute Gasteiger partial charge is 0.462 e. The van der Waals surface area contributed by atoms with E-state index in [4.69, 9.17) is 24.3 Å². The lowest BCUT2D eigenvalue weighted by molar-refractivity contribution is -0.161. The van der Waals surface area contributed by atoms with Gasteiger partial charge in [-0.05, 0) is 77.0 Å². The zero-order chi connectivity index (χ0) is 51.7. The summed E-state index contributed by atoms with van der Waals surface area (Å²) in [6.07, 6.45) is 74.6. The van der Waals surface area contributed by atoms with Crippen LogP contribution in [0.1, 0.15) is 245 Å². The summed E-state index contributed by atoms with van der Waals surface area (Å²) in [6, 6.07) is 0. The second-order valence-electron chi connectivity index (χ2n) is 18.8. The highest BCUT2D eigenvalue weighted by Gasteiger charge is 2.26. The summed E-state index contributed by atoms with van der Waals surface area (Å²) in [4.78, 5) is 35.1. The summed E-state index contributed by atoms with van der Waals surface area (Å²) in [7, 11) is -4.39. The molecule has 3 N–H and O–H groups in total. The Balaban J connectivity index is 3.97. The van der Waals surface area contributed by atoms with Gasteiger partial charge in [-0.25, -0.2) is 4.57 Å². The Bertz CT molecular complexity index is 1480. The van der Waals surface area contributed by atoms with Crippen molar-refractivity contribution in [1.29, 1.82) is 0 Å². The van der Waals surface area contributed by atoms with Crippen molar-refractivity contribution < 1.29 is 37.6 Å². The fourth-order valence-corrected chi connectivity index (χ4v) is 8.54. The van der Waals surface area contributed by atoms with Gasteiger partial charge in [-0.3, -0.25) is 18.6 Å². The average molecular weight is 1010 g/mol. The molecule has 0 aromatic carbocycles. The molecule has 2 unspecified atom stereocenters. The van der Waals surface area contributed by atoms with E-state index in [0.29, 0.717) is 6.42 Å². The van der Waals surface area contributed by atoms with E-state index in [2.05, 4.69) is 111 Å². The fraction of sp³-hybridized carbons (Fsp3) is 0.705. The van der Waals surface area contributed by atoms with Crippen molar-refractivity contribution in [2.75, 3.05) is 26.4 Å². The van der Waals surface area contributed by atoms with Crippen molar-refractivity contribution in [3.8, 4) is 0 Å². The molecule has 0 saturated carbocycles. The fourth-order valence-electron chi connectivity index (χ4n) is 7.77. The van der Waals surface area contributed by atoms with Crippen LogP contribution >= 0.6 is 7.82 Å². The minimum Gasteiger partial charge on any atom is -0.462 e. The van der Waals surface area contributed by atoms with E-state index in [1.54, 1.807) is 0 Å². The van der Waals surface area contributed by atoms with Crippen LogP contribution in [0.15, 0.2) is 97.2 Å². The zero-order valence-electron chi connectivity index (χ0n) is 45.4. The Morgan fingerprint density at radius 2 is 0.775 bits per heavy atom. The van der Waals surface area contributed by atoms with Crippen LogP contribution in [0.5, 0.6) is 0 Å². The normalized spacial score (nSPS) is 13.8. The van der Waals surface area contributed by atoms with Crippen molar-refractivity contribution in [2.45, 2.75) is 251 Å². The molecule has 10 heteroatoms. The van der Waals surface area contributed by atoms with Gasteiger partial charge in [-0.15, -0.1) is 0 Å². The maximum absolute atomic E-state index is 12.7. The highest BCUT2D eigenvalue weighted by molar-refractivity contribution is 7.47. The third-order valence-corrected chi connectivity index (χ3v) is 13.0. The zero-order valence-corrected chi connectivity index (χ0v) is 46.3. The Morgan fingerprint density at radius 1 is 0.437 bits per heavy atom. The van der Waals surface area contributed by atoms with Gasteiger partial charge in [0.25, 0.3) is 0 Å². The predicted octanol–water partition coefficient (Wildman–Crippen LogP) is 18.1. The number of allylic oxidation sites excluding steroid dienone is 16. The minimum atomic E-state index is -4.39. The molecule has 0 aliphatic carbocycles. The van der Waals surface area contributed by atoms with Gasteiger partial charge in [-0.1, -0.05) is 252 Å². The lowest BCUT2D eigenvalue weighted by Crippen LogP contribution is -2.29. The molecule has 0 spiro atoms. The van der Waals surface area contributed by atoms with Crippen LogP contribution in [-0.4, -0.2) is 49.3 Å². The number of hydrogen-bond donors (Lipinski definition) is 2. The largest absolute Gasteiger partial charge is 0.472 e. The van der Waals surface area contributed by atoms with E-state index >= 15 is 0 Å². The van der Waals surface area contributed by atoms with Crippen LogP contribution in [0, 0.1) is 0 Å². The van der Waals surface area contributed by atoms with Gasteiger partial charge in [0.1, 0.15) is 6.61 Å². The molecule has 0 aliphatic rings. The van der Waals surface area contributed by atoms with Gasteiger partial charge in [0, 0.05) is 19.4 Å². The Labute approximate surface area is 436 Å². The van der Waals surface area contributed by atoms with E-state index in [9.17, 15) is 19.0 Å². The molecule has 0 bridgehead atoms. The summed E-state index contributed by atoms with van der Waals surface area (Å²) in [6.45, 7) is 3.63. The average Bonchev–Trinajstić information content (AvgIpc) is 3.36. The summed E-state index contributed by atoms with van der Waals surface area (Å²) in [5, 5.41) is 0. The predicted molar refractivity (Wildman–Crippen MR) is 302 cm³/mol. The SMILES string of the molecule is CC/C=C\C/C=C\C/C=C\C/C=C\C/C=C\C/C=C\C/C=C\C/C=C\CCCCCCCCCCCCC(=O)OC(COC(=O)CCCCCCCCCCCCCCCCC)COP(=O)(O)OCCN. The second-order valence-corrected chi connectivity index (χ2v) is 20.2. The van der Waals surface area contributed by atoms with Crippen molar-refractivity contribution in [1.82, 2.24) is 0 Å². The molecular weight excluding hydrogens is 906 g/mol. The first kappa shape index (κ1) is 67.9. The highest BCUT2D eigenvalue weighted by Crippen LogP contribution is 2.43. The number of unbranched alkanes of at least 4 members (excludes halogenated alkanes) is 24. The molecule has 0 rings (SSSR count). The molecule has 0 radical (unpaired) electrons. The molecule has 71 heavy (non-hydrogen) atoms. The van der Waals surface area contributed by atoms with Crippen molar-refractivity contribution in [3.05, 3.63) is 97.2 Å². The molecule has 0 fully saturated rings. The monoisotopic (exact) mass is 1010 g/mol. The number of phosphoric ester groups is 1. The summed E-state index contributed by atoms with van der Waals surface area (Å²) >= 11 is 0. The van der Waals surface area contributed by atoms with E-state index in [1.807, 2.05) is 0 Å². The maximum atomic E-state index is 12.7. The summed E-state index contributed by atoms with van der Waals surface area (Å²) in [5.74, 6) is -0.830. The number of rotatable bonds is 53. The molecule has 0 aliphatic heterocycles. The van der Waals surface area contributed by atoms with Crippen molar-refractivity contribution in [3.63, 3.8) is 0 Å². The highest BCUT2D eigenvalue weighted by atomic mass is 31.2. The van der Waals surface area contributed by atoms with E-state index in [0.717, 1.165) is 96.3 Å². The molecule has 0 aromatic rings. The maximum Gasteiger partial charge on any atom is 0.472 e. The first-order valence-electron chi connectivity index (χ1n) is 28.7. The van der Waals surface area contributed by atoms with Gasteiger partial charge in [0.15, 0.2) is 6.10 Å². The molecule has 0 aromatic heterocycles. The van der Waals surface area contributed by atoms with Crippen LogP contribution in [0.25, 0.3) is 0 Å². The molecule has 0 amide bonds. The lowest BCUT2D eigenvalue weighted by atomic mass is 10.0. The quantitative estimate of drug-likeness (QED) is 0.0264. The van der Waals surface area contributed by atoms with Crippen molar-refractivity contribution >= 4 is 19.8 Å². The van der Waals surface area contributed by atoms with Crippen LogP contribution in [-0.2, 0) is 32.7 Å². The minimum absolute atomic E-state index is 0.0501. The van der Waals surface area contributed by atoms with Crippen LogP contribution in [0.3, 0.4) is 0 Å². The van der Waals surface area contributed by atoms with E-state index in [-0.39, 0.29) is 38.6 Å². The number of hydrogen-bond acceptors (Lipinski definition) is 8. The Kier molecular flexibility index (Phi) is 53.8. The van der Waals surface area contributed by atoms with Gasteiger partial charge in [0.2, 0.25) is 0 Å². The molecule has 0 heterocycles. The third-order valence-electron chi connectivity index (χ3n) is 12.0. The van der Waals surface area contributed by atoms with Gasteiger partial charge in [0.05, 0.1) is 13.2 Å². The van der Waals surface area contributed by atoms with Crippen LogP contribution < -0.4 is 5.73 Å². The summed E-state index contributed by atoms with van der Waals surface area (Å²) < 4.78 is 33.0.